The van der Waals surface area contributed by atoms with E-state index in [1.807, 2.05) is 18.2 Å². The first-order valence-electron chi connectivity index (χ1n) is 9.26. The fourth-order valence-corrected chi connectivity index (χ4v) is 4.20. The SMILES string of the molecule is N=[N+]=Nc1ccc(C(=O)NCCCCNC(=O)CCSSc2ccccn2)c(O)c1. The Balaban J connectivity index is 1.53. The van der Waals surface area contributed by atoms with E-state index in [0.717, 1.165) is 11.4 Å². The van der Waals surface area contributed by atoms with E-state index >= 15 is 0 Å². The lowest BCUT2D eigenvalue weighted by Gasteiger charge is -2.08. The number of nitrogens with one attached hydrogen (secondary N) is 3. The summed E-state index contributed by atoms with van der Waals surface area (Å²) in [4.78, 5) is 31.0. The average Bonchev–Trinajstić information content (AvgIpc) is 2.74. The van der Waals surface area contributed by atoms with Crippen molar-refractivity contribution in [1.82, 2.24) is 20.5 Å². The first-order valence-corrected chi connectivity index (χ1v) is 11.6. The van der Waals surface area contributed by atoms with Gasteiger partial charge in [0.15, 0.2) is 10.8 Å². The number of pyridine rings is 1. The number of phenolic OH excluding ortho intramolecular Hbond substituents is 1. The Morgan fingerprint density at radius 1 is 1.17 bits per heavy atom. The van der Waals surface area contributed by atoms with Crippen molar-refractivity contribution in [2.24, 2.45) is 5.11 Å². The molecule has 2 amide bonds. The van der Waals surface area contributed by atoms with Gasteiger partial charge in [-0.05, 0) is 47.9 Å². The molecule has 30 heavy (non-hydrogen) atoms. The normalized spacial score (nSPS) is 10.1. The van der Waals surface area contributed by atoms with Crippen LogP contribution in [0.1, 0.15) is 29.6 Å². The van der Waals surface area contributed by atoms with Crippen LogP contribution >= 0.6 is 21.6 Å². The number of rotatable bonds is 12. The van der Waals surface area contributed by atoms with Gasteiger partial charge in [0.1, 0.15) is 16.3 Å². The van der Waals surface area contributed by atoms with Crippen LogP contribution in [-0.4, -0.2) is 40.7 Å². The van der Waals surface area contributed by atoms with Crippen LogP contribution in [-0.2, 0) is 4.79 Å². The van der Waals surface area contributed by atoms with Crippen molar-refractivity contribution in [3.63, 3.8) is 0 Å². The molecule has 1 aromatic heterocycles. The summed E-state index contributed by atoms with van der Waals surface area (Å²) in [5.41, 5.74) is 7.09. The molecule has 158 valence electrons. The van der Waals surface area contributed by atoms with E-state index in [4.69, 9.17) is 5.53 Å². The van der Waals surface area contributed by atoms with Crippen molar-refractivity contribution in [2.45, 2.75) is 24.3 Å². The van der Waals surface area contributed by atoms with Crippen molar-refractivity contribution in [3.05, 3.63) is 48.2 Å². The molecule has 11 heteroatoms. The van der Waals surface area contributed by atoms with Gasteiger partial charge in [0.2, 0.25) is 10.8 Å². The number of aromatic hydroxyl groups is 1. The molecule has 0 aliphatic heterocycles. The molecule has 0 aliphatic carbocycles. The highest BCUT2D eigenvalue weighted by atomic mass is 33.1. The minimum absolute atomic E-state index is 0.00277. The minimum atomic E-state index is -0.395. The molecule has 0 unspecified atom stereocenters. The molecule has 0 saturated carbocycles. The fraction of sp³-hybridized carbons (Fsp3) is 0.316. The van der Waals surface area contributed by atoms with E-state index in [0.29, 0.717) is 37.4 Å². The maximum Gasteiger partial charge on any atom is 0.255 e. The molecular formula is C19H23N6O3S2+. The standard InChI is InChI=1S/C19H22N6O3S2/c20-25-24-14-6-7-15(16(26)13-14)19(28)23-11-4-3-9-21-17(27)8-12-29-30-18-5-1-2-10-22-18/h1-2,5-7,10,13,20H,3-4,8-9,11-12H2,(H2-,21,23,26,27,28)/p+1. The predicted octanol–water partition coefficient (Wildman–Crippen LogP) is 3.43. The zero-order valence-electron chi connectivity index (χ0n) is 16.2. The van der Waals surface area contributed by atoms with Crippen molar-refractivity contribution in [2.75, 3.05) is 18.8 Å². The summed E-state index contributed by atoms with van der Waals surface area (Å²) in [6.45, 7) is 0.976. The number of nitrogens with zero attached hydrogens (tertiary/aromatic N) is 3. The van der Waals surface area contributed by atoms with E-state index in [1.54, 1.807) is 27.8 Å². The maximum absolute atomic E-state index is 12.1. The zero-order chi connectivity index (χ0) is 21.6. The van der Waals surface area contributed by atoms with Crippen molar-refractivity contribution < 1.29 is 14.7 Å². The van der Waals surface area contributed by atoms with E-state index in [1.165, 1.54) is 18.2 Å². The number of aromatic nitrogens is 1. The second kappa shape index (κ2) is 13.4. The lowest BCUT2D eigenvalue weighted by atomic mass is 10.1. The molecular weight excluding hydrogens is 424 g/mol. The number of benzene rings is 1. The Labute approximate surface area is 182 Å². The molecule has 9 nitrogen and oxygen atoms in total. The van der Waals surface area contributed by atoms with Crippen LogP contribution in [0.15, 0.2) is 52.7 Å². The van der Waals surface area contributed by atoms with Crippen molar-refractivity contribution in [1.29, 1.82) is 5.53 Å². The average molecular weight is 448 g/mol. The third-order valence-corrected chi connectivity index (χ3v) is 6.06. The number of unbranched alkanes of at least 4 members (excludes halogenated alkanes) is 1. The number of hydrogen-bond donors (Lipinski definition) is 4. The van der Waals surface area contributed by atoms with Crippen LogP contribution in [0, 0.1) is 5.53 Å². The largest absolute Gasteiger partial charge is 0.507 e. The lowest BCUT2D eigenvalue weighted by molar-refractivity contribution is -0.120. The Morgan fingerprint density at radius 3 is 2.67 bits per heavy atom. The second-order valence-corrected chi connectivity index (χ2v) is 8.47. The van der Waals surface area contributed by atoms with Gasteiger partial charge in [0, 0.05) is 37.5 Å². The van der Waals surface area contributed by atoms with Crippen LogP contribution in [0.5, 0.6) is 5.75 Å². The summed E-state index contributed by atoms with van der Waals surface area (Å²) in [6.07, 6.45) is 3.61. The van der Waals surface area contributed by atoms with E-state index < -0.39 is 5.91 Å². The van der Waals surface area contributed by atoms with Gasteiger partial charge >= 0.3 is 0 Å². The van der Waals surface area contributed by atoms with Gasteiger partial charge < -0.3 is 15.7 Å². The van der Waals surface area contributed by atoms with Gasteiger partial charge in [-0.3, -0.25) is 9.59 Å². The summed E-state index contributed by atoms with van der Waals surface area (Å²) < 4.78 is 0. The first kappa shape index (κ1) is 23.4. The van der Waals surface area contributed by atoms with Crippen LogP contribution in [0.3, 0.4) is 0 Å². The Bertz CT molecular complexity index is 891. The molecule has 0 atom stereocenters. The lowest BCUT2D eigenvalue weighted by Crippen LogP contribution is -2.27. The van der Waals surface area contributed by atoms with Gasteiger partial charge in [-0.25, -0.2) is 4.98 Å². The Hall–Kier alpha value is -2.88. The third kappa shape index (κ3) is 8.64. The van der Waals surface area contributed by atoms with Gasteiger partial charge in [-0.15, -0.1) is 0 Å². The predicted molar refractivity (Wildman–Crippen MR) is 117 cm³/mol. The molecule has 0 fully saturated rings. The number of phenols is 1. The molecule has 0 bridgehead atoms. The third-order valence-electron chi connectivity index (χ3n) is 3.80. The first-order chi connectivity index (χ1) is 14.6. The summed E-state index contributed by atoms with van der Waals surface area (Å²) in [5.74, 6) is 0.0919. The highest BCUT2D eigenvalue weighted by Gasteiger charge is 2.12. The van der Waals surface area contributed by atoms with Crippen molar-refractivity contribution in [3.8, 4) is 5.75 Å². The van der Waals surface area contributed by atoms with E-state index in [9.17, 15) is 14.7 Å². The minimum Gasteiger partial charge on any atom is -0.507 e. The number of hydrogen-bond acceptors (Lipinski definition) is 8. The molecule has 4 N–H and O–H groups in total. The second-order valence-electron chi connectivity index (χ2n) is 6.04. The summed E-state index contributed by atoms with van der Waals surface area (Å²) >= 11 is 0. The topological polar surface area (TPSA) is 142 Å². The molecule has 1 aromatic carbocycles. The number of carbonyl (C=O) groups excluding carboxylic acids is 2. The molecule has 2 aromatic rings. The van der Waals surface area contributed by atoms with Gasteiger partial charge in [-0.2, -0.15) is 0 Å². The van der Waals surface area contributed by atoms with Crippen LogP contribution in [0.25, 0.3) is 0 Å². The maximum atomic E-state index is 12.1. The van der Waals surface area contributed by atoms with Crippen LogP contribution in [0.2, 0.25) is 0 Å². The smallest absolute Gasteiger partial charge is 0.255 e. The molecule has 2 rings (SSSR count). The molecule has 0 radical (unpaired) electrons. The fourth-order valence-electron chi connectivity index (χ4n) is 2.33. The molecule has 0 spiro atoms. The Kier molecular flexibility index (Phi) is 10.4. The zero-order valence-corrected chi connectivity index (χ0v) is 17.8. The van der Waals surface area contributed by atoms with Crippen molar-refractivity contribution >= 4 is 39.1 Å². The summed E-state index contributed by atoms with van der Waals surface area (Å²) in [6, 6.07) is 9.92. The van der Waals surface area contributed by atoms with Gasteiger partial charge in [-0.1, -0.05) is 16.9 Å². The Morgan fingerprint density at radius 2 is 1.97 bits per heavy atom. The van der Waals surface area contributed by atoms with E-state index in [-0.39, 0.29) is 17.2 Å². The highest BCUT2D eigenvalue weighted by molar-refractivity contribution is 8.76. The quantitative estimate of drug-likeness (QED) is 0.170. The molecule has 0 saturated heterocycles. The van der Waals surface area contributed by atoms with Gasteiger partial charge in [0.25, 0.3) is 5.91 Å². The van der Waals surface area contributed by atoms with E-state index in [2.05, 4.69) is 25.6 Å². The van der Waals surface area contributed by atoms with Crippen LogP contribution < -0.4 is 15.5 Å². The summed E-state index contributed by atoms with van der Waals surface area (Å²) in [5, 5.41) is 19.9. The molecule has 1 heterocycles. The monoisotopic (exact) mass is 447 g/mol. The number of carbonyl (C=O) groups is 2. The summed E-state index contributed by atoms with van der Waals surface area (Å²) in [7, 11) is 3.14. The molecule has 0 aliphatic rings. The number of amides is 2. The van der Waals surface area contributed by atoms with Gasteiger partial charge in [0.05, 0.1) is 5.56 Å². The highest BCUT2D eigenvalue weighted by Crippen LogP contribution is 2.29. The van der Waals surface area contributed by atoms with Crippen LogP contribution in [0.4, 0.5) is 5.69 Å².